The molecule has 4 aromatic rings. The standard InChI is InChI=1S/C25H25N5O2/c1-3-26-24(31)17(2)28-25(32)20-14-22(19-12-8-5-9-13-19)29-23-21(20)15-27-30(23)16-18-10-6-4-7-11-18/h4-15,17H,3,16H2,1-2H3,(H,26,31)(H,28,32). The molecule has 0 aliphatic heterocycles. The average Bonchev–Trinajstić information content (AvgIpc) is 3.22. The summed E-state index contributed by atoms with van der Waals surface area (Å²) in [6.07, 6.45) is 1.66. The van der Waals surface area contributed by atoms with E-state index in [1.54, 1.807) is 23.9 Å². The molecule has 0 spiro atoms. The van der Waals surface area contributed by atoms with Crippen LogP contribution in [0.2, 0.25) is 0 Å². The molecule has 1 unspecified atom stereocenters. The molecule has 7 nitrogen and oxygen atoms in total. The van der Waals surface area contributed by atoms with Gasteiger partial charge in [0.15, 0.2) is 5.65 Å². The molecule has 2 aromatic carbocycles. The zero-order valence-electron chi connectivity index (χ0n) is 18.1. The van der Waals surface area contributed by atoms with Crippen molar-refractivity contribution < 1.29 is 9.59 Å². The summed E-state index contributed by atoms with van der Waals surface area (Å²) in [6, 6.07) is 20.8. The Kier molecular flexibility index (Phi) is 6.26. The number of hydrogen-bond acceptors (Lipinski definition) is 4. The van der Waals surface area contributed by atoms with Crippen molar-refractivity contribution in [3.8, 4) is 11.3 Å². The summed E-state index contributed by atoms with van der Waals surface area (Å²) in [5.41, 5.74) is 3.70. The van der Waals surface area contributed by atoms with E-state index in [1.165, 1.54) is 0 Å². The van der Waals surface area contributed by atoms with Crippen molar-refractivity contribution in [2.24, 2.45) is 0 Å². The Morgan fingerprint density at radius 3 is 2.41 bits per heavy atom. The van der Waals surface area contributed by atoms with Crippen LogP contribution in [-0.4, -0.2) is 39.2 Å². The van der Waals surface area contributed by atoms with Crippen LogP contribution in [0.3, 0.4) is 0 Å². The van der Waals surface area contributed by atoms with Gasteiger partial charge in [0.2, 0.25) is 5.91 Å². The first-order valence-electron chi connectivity index (χ1n) is 10.6. The summed E-state index contributed by atoms with van der Waals surface area (Å²) in [4.78, 5) is 30.1. The highest BCUT2D eigenvalue weighted by atomic mass is 16.2. The average molecular weight is 428 g/mol. The third-order valence-electron chi connectivity index (χ3n) is 5.19. The summed E-state index contributed by atoms with van der Waals surface area (Å²) in [7, 11) is 0. The van der Waals surface area contributed by atoms with Crippen molar-refractivity contribution in [3.05, 3.63) is 84.1 Å². The summed E-state index contributed by atoms with van der Waals surface area (Å²) in [6.45, 7) is 4.54. The van der Waals surface area contributed by atoms with E-state index < -0.39 is 6.04 Å². The van der Waals surface area contributed by atoms with Gasteiger partial charge in [-0.2, -0.15) is 5.10 Å². The molecule has 0 bridgehead atoms. The predicted octanol–water partition coefficient (Wildman–Crippen LogP) is 3.40. The number of pyridine rings is 1. The SMILES string of the molecule is CCNC(=O)C(C)NC(=O)c1cc(-c2ccccc2)nc2c1cnn2Cc1ccccc1. The van der Waals surface area contributed by atoms with E-state index in [9.17, 15) is 9.59 Å². The number of carbonyl (C=O) groups is 2. The monoisotopic (exact) mass is 427 g/mol. The van der Waals surface area contributed by atoms with E-state index in [2.05, 4.69) is 15.7 Å². The number of fused-ring (bicyclic) bond motifs is 1. The maximum atomic E-state index is 13.2. The fourth-order valence-corrected chi connectivity index (χ4v) is 3.53. The van der Waals surface area contributed by atoms with Gasteiger partial charge in [0.25, 0.3) is 5.91 Å². The third-order valence-corrected chi connectivity index (χ3v) is 5.19. The number of amides is 2. The first-order valence-corrected chi connectivity index (χ1v) is 10.6. The lowest BCUT2D eigenvalue weighted by atomic mass is 10.1. The van der Waals surface area contributed by atoms with E-state index in [1.807, 2.05) is 67.6 Å². The van der Waals surface area contributed by atoms with Gasteiger partial charge >= 0.3 is 0 Å². The van der Waals surface area contributed by atoms with E-state index in [0.717, 1.165) is 11.1 Å². The van der Waals surface area contributed by atoms with Crippen LogP contribution >= 0.6 is 0 Å². The Labute approximate surface area is 186 Å². The molecular formula is C25H25N5O2. The largest absolute Gasteiger partial charge is 0.355 e. The molecule has 0 aliphatic carbocycles. The first-order chi connectivity index (χ1) is 15.6. The number of hydrogen-bond donors (Lipinski definition) is 2. The lowest BCUT2D eigenvalue weighted by Crippen LogP contribution is -2.44. The Morgan fingerprint density at radius 1 is 1.03 bits per heavy atom. The van der Waals surface area contributed by atoms with Crippen molar-refractivity contribution in [1.29, 1.82) is 0 Å². The minimum atomic E-state index is -0.662. The summed E-state index contributed by atoms with van der Waals surface area (Å²) in [5, 5.41) is 10.7. The molecule has 162 valence electrons. The fraction of sp³-hybridized carbons (Fsp3) is 0.200. The van der Waals surface area contributed by atoms with Crippen LogP contribution in [0.5, 0.6) is 0 Å². The normalized spacial score (nSPS) is 11.8. The van der Waals surface area contributed by atoms with Gasteiger partial charge in [-0.3, -0.25) is 9.59 Å². The van der Waals surface area contributed by atoms with Gasteiger partial charge in [-0.1, -0.05) is 60.7 Å². The molecule has 2 heterocycles. The second-order valence-electron chi connectivity index (χ2n) is 7.54. The second kappa shape index (κ2) is 9.43. The molecule has 1 atom stereocenters. The molecule has 4 rings (SSSR count). The molecule has 0 fully saturated rings. The molecule has 2 N–H and O–H groups in total. The van der Waals surface area contributed by atoms with E-state index in [-0.39, 0.29) is 11.8 Å². The van der Waals surface area contributed by atoms with Crippen LogP contribution in [0, 0.1) is 0 Å². The molecule has 32 heavy (non-hydrogen) atoms. The minimum Gasteiger partial charge on any atom is -0.355 e. The van der Waals surface area contributed by atoms with Crippen molar-refractivity contribution in [2.75, 3.05) is 6.54 Å². The predicted molar refractivity (Wildman–Crippen MR) is 124 cm³/mol. The van der Waals surface area contributed by atoms with Crippen LogP contribution in [0.4, 0.5) is 0 Å². The van der Waals surface area contributed by atoms with E-state index >= 15 is 0 Å². The van der Waals surface area contributed by atoms with Crippen LogP contribution in [0.25, 0.3) is 22.3 Å². The third kappa shape index (κ3) is 4.51. The van der Waals surface area contributed by atoms with Gasteiger partial charge in [-0.25, -0.2) is 9.67 Å². The van der Waals surface area contributed by atoms with Gasteiger partial charge in [0, 0.05) is 12.1 Å². The highest BCUT2D eigenvalue weighted by Crippen LogP contribution is 2.25. The number of aromatic nitrogens is 3. The summed E-state index contributed by atoms with van der Waals surface area (Å²) >= 11 is 0. The fourth-order valence-electron chi connectivity index (χ4n) is 3.53. The molecule has 2 aromatic heterocycles. The van der Waals surface area contributed by atoms with Crippen molar-refractivity contribution >= 4 is 22.8 Å². The number of nitrogens with one attached hydrogen (secondary N) is 2. The molecule has 2 amide bonds. The van der Waals surface area contributed by atoms with E-state index in [4.69, 9.17) is 4.98 Å². The highest BCUT2D eigenvalue weighted by molar-refractivity contribution is 6.07. The Bertz CT molecular complexity index is 1240. The number of likely N-dealkylation sites (N-methyl/N-ethyl adjacent to an activating group) is 1. The summed E-state index contributed by atoms with van der Waals surface area (Å²) in [5.74, 6) is -0.568. The molecule has 7 heteroatoms. The first kappa shape index (κ1) is 21.2. The Balaban J connectivity index is 1.77. The number of nitrogens with zero attached hydrogens (tertiary/aromatic N) is 3. The van der Waals surface area contributed by atoms with Gasteiger partial charge in [0.1, 0.15) is 6.04 Å². The number of carbonyl (C=O) groups excluding carboxylic acids is 2. The molecule has 0 radical (unpaired) electrons. The topological polar surface area (TPSA) is 88.9 Å². The Hall–Kier alpha value is -4.00. The lowest BCUT2D eigenvalue weighted by Gasteiger charge is -2.14. The smallest absolute Gasteiger partial charge is 0.252 e. The molecule has 0 saturated carbocycles. The van der Waals surface area contributed by atoms with Gasteiger partial charge in [0.05, 0.1) is 29.4 Å². The van der Waals surface area contributed by atoms with Crippen molar-refractivity contribution in [1.82, 2.24) is 25.4 Å². The quantitative estimate of drug-likeness (QED) is 0.473. The van der Waals surface area contributed by atoms with Crippen LogP contribution in [-0.2, 0) is 11.3 Å². The Morgan fingerprint density at radius 2 is 1.72 bits per heavy atom. The van der Waals surface area contributed by atoms with Gasteiger partial charge in [-0.15, -0.1) is 0 Å². The zero-order valence-corrected chi connectivity index (χ0v) is 18.1. The number of benzene rings is 2. The highest BCUT2D eigenvalue weighted by Gasteiger charge is 2.21. The number of rotatable bonds is 7. The van der Waals surface area contributed by atoms with Crippen molar-refractivity contribution in [3.63, 3.8) is 0 Å². The maximum absolute atomic E-state index is 13.2. The molecular weight excluding hydrogens is 402 g/mol. The maximum Gasteiger partial charge on any atom is 0.252 e. The van der Waals surface area contributed by atoms with Crippen LogP contribution < -0.4 is 10.6 Å². The van der Waals surface area contributed by atoms with Gasteiger partial charge < -0.3 is 10.6 Å². The van der Waals surface area contributed by atoms with Crippen molar-refractivity contribution in [2.45, 2.75) is 26.4 Å². The molecule has 0 aliphatic rings. The molecule has 0 saturated heterocycles. The van der Waals surface area contributed by atoms with Gasteiger partial charge in [-0.05, 0) is 25.5 Å². The zero-order chi connectivity index (χ0) is 22.5. The lowest BCUT2D eigenvalue weighted by molar-refractivity contribution is -0.122. The second-order valence-corrected chi connectivity index (χ2v) is 7.54. The summed E-state index contributed by atoms with van der Waals surface area (Å²) < 4.78 is 1.79. The van der Waals surface area contributed by atoms with E-state index in [0.29, 0.717) is 35.4 Å². The van der Waals surface area contributed by atoms with Crippen LogP contribution in [0.15, 0.2) is 72.9 Å². The minimum absolute atomic E-state index is 0.228. The van der Waals surface area contributed by atoms with Crippen LogP contribution in [0.1, 0.15) is 29.8 Å².